The second-order valence-electron chi connectivity index (χ2n) is 4.17. The number of hydrogen-bond donors (Lipinski definition) is 0. The van der Waals surface area contributed by atoms with Crippen molar-refractivity contribution in [3.63, 3.8) is 0 Å². The molecule has 0 spiro atoms. The molecule has 104 valence electrons. The molecule has 0 bridgehead atoms. The lowest BCUT2D eigenvalue weighted by Gasteiger charge is -2.24. The van der Waals surface area contributed by atoms with Crippen molar-refractivity contribution in [1.29, 1.82) is 0 Å². The van der Waals surface area contributed by atoms with Gasteiger partial charge in [0.05, 0.1) is 17.6 Å². The van der Waals surface area contributed by atoms with E-state index in [1.54, 1.807) is 6.07 Å². The summed E-state index contributed by atoms with van der Waals surface area (Å²) in [7, 11) is 3.77. The van der Waals surface area contributed by atoms with Crippen LogP contribution in [0.15, 0.2) is 30.5 Å². The average Bonchev–Trinajstić information content (AvgIpc) is 2.44. The van der Waals surface area contributed by atoms with Crippen molar-refractivity contribution in [2.75, 3.05) is 23.9 Å². The van der Waals surface area contributed by atoms with Crippen molar-refractivity contribution >= 4 is 46.8 Å². The van der Waals surface area contributed by atoms with Crippen LogP contribution in [0.5, 0.6) is 0 Å². The topological polar surface area (TPSA) is 49.3 Å². The molecule has 2 aromatic rings. The van der Waals surface area contributed by atoms with E-state index in [4.69, 9.17) is 23.2 Å². The highest BCUT2D eigenvalue weighted by atomic mass is 35.5. The smallest absolute Gasteiger partial charge is 0.224 e. The fraction of sp³-hybridized carbons (Fsp3) is 0.154. The molecule has 0 aliphatic carbocycles. The van der Waals surface area contributed by atoms with Gasteiger partial charge in [-0.3, -0.25) is 9.69 Å². The molecule has 0 saturated heterocycles. The molecular formula is C13H12Cl2N4O. The van der Waals surface area contributed by atoms with Gasteiger partial charge in [-0.2, -0.15) is 4.98 Å². The molecule has 1 heterocycles. The van der Waals surface area contributed by atoms with Crippen molar-refractivity contribution in [3.05, 3.63) is 40.8 Å². The Bertz CT molecular complexity index is 634. The molecule has 0 fully saturated rings. The van der Waals surface area contributed by atoms with Crippen LogP contribution in [-0.4, -0.2) is 30.5 Å². The molecular weight excluding hydrogens is 299 g/mol. The second-order valence-corrected chi connectivity index (χ2v) is 4.91. The van der Waals surface area contributed by atoms with Crippen LogP contribution < -0.4 is 9.80 Å². The summed E-state index contributed by atoms with van der Waals surface area (Å²) in [6.45, 7) is 0. The number of anilines is 3. The molecule has 1 aromatic heterocycles. The van der Waals surface area contributed by atoms with E-state index >= 15 is 0 Å². The summed E-state index contributed by atoms with van der Waals surface area (Å²) in [5.41, 5.74) is 1.51. The van der Waals surface area contributed by atoms with Gasteiger partial charge in [-0.25, -0.2) is 4.98 Å². The summed E-state index contributed by atoms with van der Waals surface area (Å²) in [5.74, 6) is 0.246. The predicted octanol–water partition coefficient (Wildman–Crippen LogP) is 3.14. The largest absolute Gasteiger partial charge is 0.376 e. The zero-order valence-corrected chi connectivity index (χ0v) is 12.4. The zero-order chi connectivity index (χ0) is 14.7. The van der Waals surface area contributed by atoms with Crippen molar-refractivity contribution in [2.24, 2.45) is 0 Å². The number of hydrogen-bond acceptors (Lipinski definition) is 4. The lowest BCUT2D eigenvalue weighted by molar-refractivity contribution is -0.106. The van der Waals surface area contributed by atoms with Gasteiger partial charge in [-0.15, -0.1) is 0 Å². The molecule has 5 nitrogen and oxygen atoms in total. The number of para-hydroxylation sites is 2. The minimum absolute atomic E-state index is 0.0265. The van der Waals surface area contributed by atoms with E-state index < -0.39 is 0 Å². The van der Waals surface area contributed by atoms with Gasteiger partial charge in [0.2, 0.25) is 11.7 Å². The maximum absolute atomic E-state index is 11.5. The number of benzene rings is 1. The number of rotatable bonds is 4. The highest BCUT2D eigenvalue weighted by Gasteiger charge is 2.18. The first kappa shape index (κ1) is 14.6. The number of carbonyl (C=O) groups excluding carboxylic acids is 1. The molecule has 7 heteroatoms. The van der Waals surface area contributed by atoms with Crippen LogP contribution in [0.25, 0.3) is 0 Å². The van der Waals surface area contributed by atoms with Crippen molar-refractivity contribution < 1.29 is 4.79 Å². The Kier molecular flexibility index (Phi) is 4.42. The highest BCUT2D eigenvalue weighted by molar-refractivity contribution is 6.34. The third-order valence-electron chi connectivity index (χ3n) is 2.65. The van der Waals surface area contributed by atoms with Crippen molar-refractivity contribution in [3.8, 4) is 0 Å². The summed E-state index contributed by atoms with van der Waals surface area (Å²) in [4.78, 5) is 22.5. The molecule has 0 aliphatic heterocycles. The summed E-state index contributed by atoms with van der Waals surface area (Å²) < 4.78 is 0. The number of halogens is 2. The van der Waals surface area contributed by atoms with E-state index in [0.29, 0.717) is 12.1 Å². The molecule has 0 radical (unpaired) electrons. The fourth-order valence-corrected chi connectivity index (χ4v) is 2.08. The van der Waals surface area contributed by atoms with Gasteiger partial charge in [0.15, 0.2) is 5.82 Å². The summed E-state index contributed by atoms with van der Waals surface area (Å²) >= 11 is 11.8. The van der Waals surface area contributed by atoms with E-state index in [9.17, 15) is 4.79 Å². The van der Waals surface area contributed by atoms with Gasteiger partial charge in [-0.1, -0.05) is 23.7 Å². The fourth-order valence-electron chi connectivity index (χ4n) is 1.77. The molecule has 20 heavy (non-hydrogen) atoms. The van der Waals surface area contributed by atoms with Crippen LogP contribution >= 0.6 is 23.2 Å². The zero-order valence-electron chi connectivity index (χ0n) is 10.9. The molecule has 2 rings (SSSR count). The Balaban J connectivity index is 2.58. The summed E-state index contributed by atoms with van der Waals surface area (Å²) in [5, 5.41) is 0.272. The maximum atomic E-state index is 11.5. The van der Waals surface area contributed by atoms with Gasteiger partial charge in [0.1, 0.15) is 5.02 Å². The van der Waals surface area contributed by atoms with Gasteiger partial charge >= 0.3 is 0 Å². The molecule has 1 aromatic carbocycles. The molecule has 0 saturated carbocycles. The van der Waals surface area contributed by atoms with E-state index in [2.05, 4.69) is 9.97 Å². The van der Waals surface area contributed by atoms with Crippen LogP contribution in [0.3, 0.4) is 0 Å². The normalized spacial score (nSPS) is 10.2. The Hall–Kier alpha value is -1.85. The maximum Gasteiger partial charge on any atom is 0.224 e. The SMILES string of the molecule is CN(C)c1ccccc1N(C=O)c1nc(Cl)ncc1Cl. The Labute approximate surface area is 126 Å². The van der Waals surface area contributed by atoms with Crippen molar-refractivity contribution in [1.82, 2.24) is 9.97 Å². The minimum atomic E-state index is 0.0265. The number of aromatic nitrogens is 2. The summed E-state index contributed by atoms with van der Waals surface area (Å²) in [6, 6.07) is 7.41. The second kappa shape index (κ2) is 6.07. The Morgan fingerprint density at radius 3 is 2.40 bits per heavy atom. The van der Waals surface area contributed by atoms with Crippen LogP contribution in [0.2, 0.25) is 10.3 Å². The van der Waals surface area contributed by atoms with E-state index in [0.717, 1.165) is 5.69 Å². The molecule has 1 amide bonds. The molecule has 0 aliphatic rings. The number of carbonyl (C=O) groups is 1. The lowest BCUT2D eigenvalue weighted by atomic mass is 10.2. The van der Waals surface area contributed by atoms with Crippen molar-refractivity contribution in [2.45, 2.75) is 0 Å². The van der Waals surface area contributed by atoms with Gasteiger partial charge in [0, 0.05) is 14.1 Å². The third-order valence-corrected chi connectivity index (χ3v) is 3.10. The standard InChI is InChI=1S/C13H12Cl2N4O/c1-18(2)10-5-3-4-6-11(10)19(8-20)12-9(14)7-16-13(15)17-12/h3-8H,1-2H3. The van der Waals surface area contributed by atoms with Crippen LogP contribution in [0.4, 0.5) is 17.2 Å². The van der Waals surface area contributed by atoms with E-state index in [-0.39, 0.29) is 16.1 Å². The predicted molar refractivity (Wildman–Crippen MR) is 81.0 cm³/mol. The van der Waals surface area contributed by atoms with Gasteiger partial charge in [-0.05, 0) is 23.7 Å². The monoisotopic (exact) mass is 310 g/mol. The van der Waals surface area contributed by atoms with Crippen LogP contribution in [0, 0.1) is 0 Å². The van der Waals surface area contributed by atoms with Crippen LogP contribution in [0.1, 0.15) is 0 Å². The molecule has 0 N–H and O–H groups in total. The number of amides is 1. The first-order chi connectivity index (χ1) is 9.54. The average molecular weight is 311 g/mol. The molecule has 0 atom stereocenters. The third kappa shape index (κ3) is 2.84. The number of nitrogens with zero attached hydrogens (tertiary/aromatic N) is 4. The van der Waals surface area contributed by atoms with Gasteiger partial charge in [0.25, 0.3) is 0 Å². The highest BCUT2D eigenvalue weighted by Crippen LogP contribution is 2.34. The lowest BCUT2D eigenvalue weighted by Crippen LogP contribution is -2.20. The Morgan fingerprint density at radius 1 is 1.15 bits per heavy atom. The quantitative estimate of drug-likeness (QED) is 0.643. The van der Waals surface area contributed by atoms with E-state index in [1.165, 1.54) is 11.1 Å². The molecule has 0 unspecified atom stereocenters. The summed E-state index contributed by atoms with van der Waals surface area (Å²) in [6.07, 6.45) is 2.01. The first-order valence-corrected chi connectivity index (χ1v) is 6.49. The van der Waals surface area contributed by atoms with Gasteiger partial charge < -0.3 is 4.90 Å². The van der Waals surface area contributed by atoms with E-state index in [1.807, 2.05) is 37.2 Å². The first-order valence-electron chi connectivity index (χ1n) is 5.73. The Morgan fingerprint density at radius 2 is 1.80 bits per heavy atom. The van der Waals surface area contributed by atoms with Crippen LogP contribution in [-0.2, 0) is 4.79 Å². The minimum Gasteiger partial charge on any atom is -0.376 e.